The third-order valence-electron chi connectivity index (χ3n) is 5.44. The first-order valence-electron chi connectivity index (χ1n) is 10.2. The summed E-state index contributed by atoms with van der Waals surface area (Å²) in [6, 6.07) is 3.42. The van der Waals surface area contributed by atoms with Crippen molar-refractivity contribution in [2.45, 2.75) is 44.3 Å². The lowest BCUT2D eigenvalue weighted by atomic mass is 9.92. The fourth-order valence-electron chi connectivity index (χ4n) is 3.70. The zero-order valence-corrected chi connectivity index (χ0v) is 17.3. The molecule has 0 spiro atoms. The molecule has 0 saturated heterocycles. The summed E-state index contributed by atoms with van der Waals surface area (Å²) >= 11 is 0. The number of aryl methyl sites for hydroxylation is 1. The molecule has 4 rings (SSSR count). The normalized spacial score (nSPS) is 18.7. The minimum atomic E-state index is -2.72. The third-order valence-corrected chi connectivity index (χ3v) is 5.44. The zero-order chi connectivity index (χ0) is 22.8. The van der Waals surface area contributed by atoms with Gasteiger partial charge in [-0.1, -0.05) is 12.8 Å². The number of hydrogen-bond donors (Lipinski definition) is 2. The van der Waals surface area contributed by atoms with Crippen molar-refractivity contribution in [1.29, 1.82) is 0 Å². The van der Waals surface area contributed by atoms with E-state index in [0.717, 1.165) is 17.5 Å². The Morgan fingerprint density at radius 1 is 1.25 bits per heavy atom. The second-order valence-corrected chi connectivity index (χ2v) is 7.74. The number of alkyl halides is 2. The van der Waals surface area contributed by atoms with Crippen molar-refractivity contribution < 1.29 is 18.7 Å². The minimum Gasteiger partial charge on any atom is -0.391 e. The smallest absolute Gasteiger partial charge is 0.284 e. The summed E-state index contributed by atoms with van der Waals surface area (Å²) in [4.78, 5) is 29.8. The highest BCUT2D eigenvalue weighted by Crippen LogP contribution is 2.22. The Morgan fingerprint density at radius 2 is 2.03 bits per heavy atom. The van der Waals surface area contributed by atoms with Gasteiger partial charge in [0.05, 0.1) is 30.2 Å². The van der Waals surface area contributed by atoms with Gasteiger partial charge in [-0.25, -0.2) is 8.78 Å². The zero-order valence-electron chi connectivity index (χ0n) is 17.3. The predicted octanol–water partition coefficient (Wildman–Crippen LogP) is 2.00. The first-order chi connectivity index (χ1) is 15.3. The number of amides is 1. The van der Waals surface area contributed by atoms with Crippen molar-refractivity contribution in [3.05, 3.63) is 58.4 Å². The maximum atomic E-state index is 13.1. The predicted molar refractivity (Wildman–Crippen MR) is 111 cm³/mol. The second-order valence-electron chi connectivity index (χ2n) is 7.74. The van der Waals surface area contributed by atoms with Crippen LogP contribution in [-0.4, -0.2) is 47.7 Å². The van der Waals surface area contributed by atoms with Crippen LogP contribution in [0.4, 0.5) is 8.78 Å². The largest absolute Gasteiger partial charge is 0.391 e. The lowest BCUT2D eigenvalue weighted by Crippen LogP contribution is -2.46. The molecule has 168 valence electrons. The molecule has 2 N–H and O–H groups in total. The van der Waals surface area contributed by atoms with Crippen molar-refractivity contribution in [3.63, 3.8) is 0 Å². The SMILES string of the molecule is Cn1cc(-n2nc(-c3ccc(C(F)F)nc3)cc(C(=O)N[C@@H]3CCCC[C@@H]3O)c2=O)cn1. The summed E-state index contributed by atoms with van der Waals surface area (Å²) in [6.45, 7) is 0. The standard InChI is InChI=1S/C21H22F2N6O3/c1-28-11-13(10-25-28)29-21(32)14(20(31)26-15-4-2-3-5-18(15)30)8-17(27-29)12-6-7-16(19(22)23)24-9-12/h6-11,15,18-19,30H,2-5H2,1H3,(H,26,31)/t15-,18+/m1/s1. The van der Waals surface area contributed by atoms with Crippen molar-refractivity contribution in [2.24, 2.45) is 7.05 Å². The van der Waals surface area contributed by atoms with Gasteiger partial charge in [0.25, 0.3) is 17.9 Å². The highest BCUT2D eigenvalue weighted by atomic mass is 19.3. The van der Waals surface area contributed by atoms with Crippen LogP contribution in [-0.2, 0) is 7.05 Å². The summed E-state index contributed by atoms with van der Waals surface area (Å²) in [7, 11) is 1.67. The molecular formula is C21H22F2N6O3. The van der Waals surface area contributed by atoms with Crippen LogP contribution in [0.1, 0.15) is 48.2 Å². The van der Waals surface area contributed by atoms with E-state index in [-0.39, 0.29) is 11.3 Å². The molecule has 11 heteroatoms. The van der Waals surface area contributed by atoms with Crippen molar-refractivity contribution in [3.8, 4) is 16.9 Å². The molecule has 1 saturated carbocycles. The highest BCUT2D eigenvalue weighted by Gasteiger charge is 2.27. The first-order valence-corrected chi connectivity index (χ1v) is 10.2. The lowest BCUT2D eigenvalue weighted by molar-refractivity contribution is 0.0716. The Bertz CT molecular complexity index is 1180. The van der Waals surface area contributed by atoms with Gasteiger partial charge in [0.1, 0.15) is 16.9 Å². The topological polar surface area (TPSA) is 115 Å². The Balaban J connectivity index is 1.77. The lowest BCUT2D eigenvalue weighted by Gasteiger charge is -2.28. The van der Waals surface area contributed by atoms with Crippen LogP contribution in [0.5, 0.6) is 0 Å². The molecule has 3 aromatic rings. The van der Waals surface area contributed by atoms with Crippen LogP contribution < -0.4 is 10.9 Å². The molecule has 0 aromatic carbocycles. The number of nitrogens with one attached hydrogen (secondary N) is 1. The Morgan fingerprint density at radius 3 is 2.66 bits per heavy atom. The van der Waals surface area contributed by atoms with E-state index < -0.39 is 35.7 Å². The third kappa shape index (κ3) is 4.42. The Hall–Kier alpha value is -3.47. The van der Waals surface area contributed by atoms with E-state index in [2.05, 4.69) is 20.5 Å². The van der Waals surface area contributed by atoms with Gasteiger partial charge in [-0.2, -0.15) is 14.9 Å². The number of aliphatic hydroxyl groups excluding tert-OH is 1. The van der Waals surface area contributed by atoms with Gasteiger partial charge in [-0.05, 0) is 31.0 Å². The summed E-state index contributed by atoms with van der Waals surface area (Å²) in [5.41, 5.74) is -0.340. The number of carbonyl (C=O) groups is 1. The molecule has 1 aliphatic rings. The van der Waals surface area contributed by atoms with E-state index >= 15 is 0 Å². The number of rotatable bonds is 5. The van der Waals surface area contributed by atoms with Crippen molar-refractivity contribution in [1.82, 2.24) is 29.9 Å². The Kier molecular flexibility index (Phi) is 6.08. The fourth-order valence-corrected chi connectivity index (χ4v) is 3.70. The van der Waals surface area contributed by atoms with Gasteiger partial charge in [0, 0.05) is 18.8 Å². The van der Waals surface area contributed by atoms with E-state index in [0.29, 0.717) is 24.1 Å². The highest BCUT2D eigenvalue weighted by molar-refractivity contribution is 5.95. The number of aromatic nitrogens is 5. The van der Waals surface area contributed by atoms with Crippen LogP contribution in [0.2, 0.25) is 0 Å². The van der Waals surface area contributed by atoms with Gasteiger partial charge in [0.15, 0.2) is 0 Å². The van der Waals surface area contributed by atoms with Gasteiger partial charge in [0.2, 0.25) is 0 Å². The molecule has 1 aliphatic carbocycles. The molecule has 1 fully saturated rings. The number of carbonyl (C=O) groups excluding carboxylic acids is 1. The fraction of sp³-hybridized carbons (Fsp3) is 0.381. The van der Waals surface area contributed by atoms with Gasteiger partial charge < -0.3 is 10.4 Å². The van der Waals surface area contributed by atoms with Crippen molar-refractivity contribution >= 4 is 5.91 Å². The quantitative estimate of drug-likeness (QED) is 0.622. The number of pyridine rings is 1. The summed E-state index contributed by atoms with van der Waals surface area (Å²) < 4.78 is 28.2. The number of hydrogen-bond acceptors (Lipinski definition) is 6. The molecule has 3 aromatic heterocycles. The minimum absolute atomic E-state index is 0.186. The average Bonchev–Trinajstić information content (AvgIpc) is 3.21. The molecule has 2 atom stereocenters. The molecule has 32 heavy (non-hydrogen) atoms. The average molecular weight is 444 g/mol. The van der Waals surface area contributed by atoms with Gasteiger partial charge in [-0.15, -0.1) is 0 Å². The van der Waals surface area contributed by atoms with Crippen LogP contribution in [0.15, 0.2) is 41.6 Å². The number of nitrogens with zero attached hydrogens (tertiary/aromatic N) is 5. The maximum Gasteiger partial charge on any atom is 0.284 e. The maximum absolute atomic E-state index is 13.1. The van der Waals surface area contributed by atoms with E-state index in [1.807, 2.05) is 0 Å². The van der Waals surface area contributed by atoms with Crippen LogP contribution in [0.3, 0.4) is 0 Å². The molecule has 1 amide bonds. The van der Waals surface area contributed by atoms with E-state index in [4.69, 9.17) is 0 Å². The molecule has 3 heterocycles. The first kappa shape index (κ1) is 21.8. The molecule has 0 radical (unpaired) electrons. The summed E-state index contributed by atoms with van der Waals surface area (Å²) in [6.07, 6.45) is 3.73. The van der Waals surface area contributed by atoms with Crippen molar-refractivity contribution in [2.75, 3.05) is 0 Å². The summed E-state index contributed by atoms with van der Waals surface area (Å²) in [5.74, 6) is -0.639. The number of aliphatic hydroxyl groups is 1. The van der Waals surface area contributed by atoms with Gasteiger partial charge in [-0.3, -0.25) is 19.3 Å². The number of halogens is 2. The van der Waals surface area contributed by atoms with E-state index in [1.54, 1.807) is 13.2 Å². The van der Waals surface area contributed by atoms with Crippen LogP contribution in [0, 0.1) is 0 Å². The Labute approximate surface area is 181 Å². The molecular weight excluding hydrogens is 422 g/mol. The summed E-state index contributed by atoms with van der Waals surface area (Å²) in [5, 5.41) is 21.3. The molecule has 0 bridgehead atoms. The monoisotopic (exact) mass is 444 g/mol. The molecule has 0 unspecified atom stereocenters. The van der Waals surface area contributed by atoms with Gasteiger partial charge >= 0.3 is 0 Å². The molecule has 9 nitrogen and oxygen atoms in total. The van der Waals surface area contributed by atoms with E-state index in [1.165, 1.54) is 35.3 Å². The van der Waals surface area contributed by atoms with Crippen LogP contribution >= 0.6 is 0 Å². The second kappa shape index (κ2) is 8.95. The van der Waals surface area contributed by atoms with E-state index in [9.17, 15) is 23.5 Å². The van der Waals surface area contributed by atoms with Crippen LogP contribution in [0.25, 0.3) is 16.9 Å². The molecule has 0 aliphatic heterocycles.